The van der Waals surface area contributed by atoms with E-state index in [1.807, 2.05) is 0 Å². The Hall–Kier alpha value is -1.89. The number of carbonyl (C=O) groups is 1. The van der Waals surface area contributed by atoms with Crippen LogP contribution in [0.5, 0.6) is 5.88 Å². The van der Waals surface area contributed by atoms with Crippen molar-refractivity contribution in [1.82, 2.24) is 4.98 Å². The lowest BCUT2D eigenvalue weighted by molar-refractivity contribution is -0.384. The van der Waals surface area contributed by atoms with Crippen molar-refractivity contribution in [2.24, 2.45) is 5.92 Å². The van der Waals surface area contributed by atoms with E-state index in [2.05, 4.69) is 4.98 Å². The van der Waals surface area contributed by atoms with Gasteiger partial charge < -0.3 is 4.74 Å². The number of amides is 1. The third kappa shape index (κ3) is 2.60. The Morgan fingerprint density at radius 3 is 2.89 bits per heavy atom. The first-order valence-electron chi connectivity index (χ1n) is 5.62. The van der Waals surface area contributed by atoms with Gasteiger partial charge in [0.25, 0.3) is 0 Å². The molecule has 0 aromatic carbocycles. The maximum atomic E-state index is 11.9. The molecule has 1 aliphatic heterocycles. The standard InChI is InChI=1S/C11H12ClN3O4/c1-19-9-3-2-8(15(17)18)11(13-9)14-6-7(5-12)4-10(14)16/h2-3,7H,4-6H2,1H3. The molecule has 1 amide bonds. The summed E-state index contributed by atoms with van der Waals surface area (Å²) in [7, 11) is 1.41. The van der Waals surface area contributed by atoms with E-state index in [0.717, 1.165) is 0 Å². The van der Waals surface area contributed by atoms with E-state index < -0.39 is 4.92 Å². The van der Waals surface area contributed by atoms with E-state index in [0.29, 0.717) is 12.4 Å². The smallest absolute Gasteiger partial charge is 0.312 e. The highest BCUT2D eigenvalue weighted by molar-refractivity contribution is 6.18. The first kappa shape index (κ1) is 13.5. The average molecular weight is 286 g/mol. The number of pyridine rings is 1. The molecule has 19 heavy (non-hydrogen) atoms. The van der Waals surface area contributed by atoms with Crippen LogP contribution in [0, 0.1) is 16.0 Å². The van der Waals surface area contributed by atoms with Gasteiger partial charge in [0.1, 0.15) is 0 Å². The van der Waals surface area contributed by atoms with Gasteiger partial charge in [-0.05, 0) is 5.92 Å². The van der Waals surface area contributed by atoms with E-state index in [1.54, 1.807) is 0 Å². The summed E-state index contributed by atoms with van der Waals surface area (Å²) in [5.74, 6) is 0.348. The molecule has 1 atom stereocenters. The Kier molecular flexibility index (Phi) is 3.84. The van der Waals surface area contributed by atoms with Gasteiger partial charge in [0, 0.05) is 31.0 Å². The zero-order valence-corrected chi connectivity index (χ0v) is 11.0. The molecule has 1 unspecified atom stereocenters. The number of nitro groups is 1. The van der Waals surface area contributed by atoms with Crippen molar-refractivity contribution < 1.29 is 14.5 Å². The second-order valence-corrected chi connectivity index (χ2v) is 4.49. The van der Waals surface area contributed by atoms with Crippen LogP contribution in [0.15, 0.2) is 12.1 Å². The van der Waals surface area contributed by atoms with Gasteiger partial charge in [-0.3, -0.25) is 19.8 Å². The summed E-state index contributed by atoms with van der Waals surface area (Å²) in [6.07, 6.45) is 0.277. The number of nitrogens with zero attached hydrogens (tertiary/aromatic N) is 3. The summed E-state index contributed by atoms with van der Waals surface area (Å²) in [5.41, 5.74) is -0.218. The van der Waals surface area contributed by atoms with Crippen molar-refractivity contribution in [1.29, 1.82) is 0 Å². The summed E-state index contributed by atoms with van der Waals surface area (Å²) in [6, 6.07) is 2.67. The Morgan fingerprint density at radius 2 is 2.37 bits per heavy atom. The topological polar surface area (TPSA) is 85.6 Å². The number of methoxy groups -OCH3 is 1. The number of halogens is 1. The molecule has 1 fully saturated rings. The maximum Gasteiger partial charge on any atom is 0.312 e. The fourth-order valence-electron chi connectivity index (χ4n) is 1.97. The normalized spacial score (nSPS) is 18.7. The molecule has 2 rings (SSSR count). The fraction of sp³-hybridized carbons (Fsp3) is 0.455. The predicted octanol–water partition coefficient (Wildman–Crippen LogP) is 1.59. The molecule has 0 radical (unpaired) electrons. The molecule has 8 heteroatoms. The van der Waals surface area contributed by atoms with Crippen LogP contribution in [-0.2, 0) is 4.79 Å². The first-order valence-corrected chi connectivity index (χ1v) is 6.16. The van der Waals surface area contributed by atoms with Crippen molar-refractivity contribution >= 4 is 29.0 Å². The molecule has 1 aromatic heterocycles. The van der Waals surface area contributed by atoms with Gasteiger partial charge in [-0.25, -0.2) is 0 Å². The van der Waals surface area contributed by atoms with Gasteiger partial charge in [-0.15, -0.1) is 11.6 Å². The van der Waals surface area contributed by atoms with Crippen LogP contribution < -0.4 is 9.64 Å². The van der Waals surface area contributed by atoms with E-state index in [4.69, 9.17) is 16.3 Å². The van der Waals surface area contributed by atoms with Crippen LogP contribution in [0.3, 0.4) is 0 Å². The van der Waals surface area contributed by atoms with Crippen molar-refractivity contribution in [3.63, 3.8) is 0 Å². The summed E-state index contributed by atoms with van der Waals surface area (Å²) in [5, 5.41) is 11.0. The quantitative estimate of drug-likeness (QED) is 0.476. The molecule has 0 saturated carbocycles. The van der Waals surface area contributed by atoms with E-state index >= 15 is 0 Å². The molecule has 7 nitrogen and oxygen atoms in total. The predicted molar refractivity (Wildman–Crippen MR) is 68.6 cm³/mol. The minimum Gasteiger partial charge on any atom is -0.481 e. The van der Waals surface area contributed by atoms with Gasteiger partial charge >= 0.3 is 5.69 Å². The minimum atomic E-state index is -0.566. The third-order valence-corrected chi connectivity index (χ3v) is 3.35. The van der Waals surface area contributed by atoms with Crippen molar-refractivity contribution in [2.75, 3.05) is 24.4 Å². The molecule has 1 aliphatic rings. The zero-order valence-electron chi connectivity index (χ0n) is 10.2. The Balaban J connectivity index is 2.42. The second-order valence-electron chi connectivity index (χ2n) is 4.18. The molecular formula is C11H12ClN3O4. The van der Waals surface area contributed by atoms with Gasteiger partial charge in [-0.1, -0.05) is 0 Å². The monoisotopic (exact) mass is 285 g/mol. The Bertz CT molecular complexity index is 523. The Morgan fingerprint density at radius 1 is 1.63 bits per heavy atom. The summed E-state index contributed by atoms with van der Waals surface area (Å²) >= 11 is 5.73. The number of aromatic nitrogens is 1. The average Bonchev–Trinajstić information content (AvgIpc) is 2.79. The van der Waals surface area contributed by atoms with E-state index in [1.165, 1.54) is 24.1 Å². The highest BCUT2D eigenvalue weighted by Crippen LogP contribution is 2.33. The van der Waals surface area contributed by atoms with Crippen LogP contribution >= 0.6 is 11.6 Å². The molecule has 1 aromatic rings. The van der Waals surface area contributed by atoms with Gasteiger partial charge in [-0.2, -0.15) is 4.98 Å². The van der Waals surface area contributed by atoms with Gasteiger partial charge in [0.05, 0.1) is 12.0 Å². The lowest BCUT2D eigenvalue weighted by atomic mass is 10.1. The summed E-state index contributed by atoms with van der Waals surface area (Å²) in [6.45, 7) is 0.337. The highest BCUT2D eigenvalue weighted by atomic mass is 35.5. The van der Waals surface area contributed by atoms with Crippen molar-refractivity contribution in [2.45, 2.75) is 6.42 Å². The molecular weight excluding hydrogens is 274 g/mol. The molecule has 0 spiro atoms. The number of alkyl halides is 1. The molecule has 2 heterocycles. The number of anilines is 1. The van der Waals surface area contributed by atoms with Gasteiger partial charge in [0.15, 0.2) is 0 Å². The third-order valence-electron chi connectivity index (χ3n) is 2.91. The lowest BCUT2D eigenvalue weighted by Crippen LogP contribution is -2.26. The van der Waals surface area contributed by atoms with Crippen LogP contribution in [0.2, 0.25) is 0 Å². The number of carbonyl (C=O) groups excluding carboxylic acids is 1. The highest BCUT2D eigenvalue weighted by Gasteiger charge is 2.35. The van der Waals surface area contributed by atoms with Crippen molar-refractivity contribution in [3.05, 3.63) is 22.2 Å². The molecule has 1 saturated heterocycles. The summed E-state index contributed by atoms with van der Waals surface area (Å²) in [4.78, 5) is 27.6. The minimum absolute atomic E-state index is 0.0122. The number of hydrogen-bond donors (Lipinski definition) is 0. The maximum absolute atomic E-state index is 11.9. The van der Waals surface area contributed by atoms with E-state index in [9.17, 15) is 14.9 Å². The lowest BCUT2D eigenvalue weighted by Gasteiger charge is -2.15. The van der Waals surface area contributed by atoms with E-state index in [-0.39, 0.29) is 35.6 Å². The Labute approximate surface area is 114 Å². The second kappa shape index (κ2) is 5.40. The fourth-order valence-corrected chi connectivity index (χ4v) is 2.17. The number of ether oxygens (including phenoxy) is 1. The molecule has 0 aliphatic carbocycles. The largest absolute Gasteiger partial charge is 0.481 e. The molecule has 102 valence electrons. The van der Waals surface area contributed by atoms with Gasteiger partial charge in [0.2, 0.25) is 17.6 Å². The van der Waals surface area contributed by atoms with Crippen LogP contribution in [-0.4, -0.2) is 35.3 Å². The summed E-state index contributed by atoms with van der Waals surface area (Å²) < 4.78 is 4.94. The number of hydrogen-bond acceptors (Lipinski definition) is 5. The van der Waals surface area contributed by atoms with Crippen LogP contribution in [0.25, 0.3) is 0 Å². The zero-order chi connectivity index (χ0) is 14.0. The molecule has 0 N–H and O–H groups in total. The number of rotatable bonds is 4. The SMILES string of the molecule is COc1ccc([N+](=O)[O-])c(N2CC(CCl)CC2=O)n1. The first-order chi connectivity index (χ1) is 9.06. The molecule has 0 bridgehead atoms. The van der Waals surface area contributed by atoms with Crippen molar-refractivity contribution in [3.8, 4) is 5.88 Å². The van der Waals surface area contributed by atoms with Crippen LogP contribution in [0.4, 0.5) is 11.5 Å². The van der Waals surface area contributed by atoms with Crippen LogP contribution in [0.1, 0.15) is 6.42 Å².